The van der Waals surface area contributed by atoms with Crippen LogP contribution in [0.5, 0.6) is 0 Å². The van der Waals surface area contributed by atoms with Crippen LogP contribution in [-0.2, 0) is 9.59 Å². The van der Waals surface area contributed by atoms with Crippen LogP contribution in [0.15, 0.2) is 30.3 Å². The maximum atomic E-state index is 12.8. The van der Waals surface area contributed by atoms with Gasteiger partial charge in [0.2, 0.25) is 11.8 Å². The molecule has 2 heterocycles. The first-order valence-corrected chi connectivity index (χ1v) is 10.4. The van der Waals surface area contributed by atoms with Crippen molar-refractivity contribution in [2.75, 3.05) is 52.9 Å². The highest BCUT2D eigenvalue weighted by Crippen LogP contribution is 2.22. The van der Waals surface area contributed by atoms with E-state index < -0.39 is 12.1 Å². The van der Waals surface area contributed by atoms with Crippen LogP contribution in [0.25, 0.3) is 0 Å². The molecule has 0 spiro atoms. The Morgan fingerprint density at radius 3 is 2.21 bits per heavy atom. The minimum atomic E-state index is -0.534. The molecule has 8 nitrogen and oxygen atoms in total. The second kappa shape index (κ2) is 10.4. The number of likely N-dealkylation sites (tertiary alicyclic amines) is 1. The number of urea groups is 1. The number of amides is 4. The fourth-order valence-corrected chi connectivity index (χ4v) is 4.02. The third kappa shape index (κ3) is 5.77. The fraction of sp³-hybridized carbons (Fsp3) is 0.571. The standard InChI is InChI=1S/C21H31N5O3/c1-22-21(29)23-20(28)19(17-8-4-2-5-9-17)26-14-12-24(13-15-26)16-18(27)25-10-6-3-7-11-25/h2,4-5,8-9,19H,3,6-7,10-16H2,1H3,(H2,22,23,28,29). The van der Waals surface area contributed by atoms with Crippen molar-refractivity contribution in [2.45, 2.75) is 25.3 Å². The van der Waals surface area contributed by atoms with Crippen LogP contribution in [0.2, 0.25) is 0 Å². The SMILES string of the molecule is CNC(=O)NC(=O)C(c1ccccc1)N1CCN(CC(=O)N2CCCCC2)CC1. The predicted octanol–water partition coefficient (Wildman–Crippen LogP) is 0.813. The molecule has 2 N–H and O–H groups in total. The van der Waals surface area contributed by atoms with Gasteiger partial charge >= 0.3 is 6.03 Å². The maximum Gasteiger partial charge on any atom is 0.321 e. The molecule has 1 aromatic carbocycles. The van der Waals surface area contributed by atoms with Crippen LogP contribution in [0.3, 0.4) is 0 Å². The van der Waals surface area contributed by atoms with Crippen molar-refractivity contribution in [2.24, 2.45) is 0 Å². The van der Waals surface area contributed by atoms with Crippen LogP contribution in [-0.4, -0.2) is 85.4 Å². The summed E-state index contributed by atoms with van der Waals surface area (Å²) in [6.07, 6.45) is 3.40. The number of hydrogen-bond donors (Lipinski definition) is 2. The molecule has 0 aliphatic carbocycles. The van der Waals surface area contributed by atoms with Crippen molar-refractivity contribution < 1.29 is 14.4 Å². The van der Waals surface area contributed by atoms with E-state index in [9.17, 15) is 14.4 Å². The summed E-state index contributed by atoms with van der Waals surface area (Å²) < 4.78 is 0. The van der Waals surface area contributed by atoms with Crippen molar-refractivity contribution in [1.82, 2.24) is 25.3 Å². The van der Waals surface area contributed by atoms with Crippen molar-refractivity contribution in [3.05, 3.63) is 35.9 Å². The Bertz CT molecular complexity index is 698. The number of nitrogens with one attached hydrogen (secondary N) is 2. The minimum absolute atomic E-state index is 0.204. The molecule has 158 valence electrons. The largest absolute Gasteiger partial charge is 0.342 e. The topological polar surface area (TPSA) is 85.0 Å². The van der Waals surface area contributed by atoms with Gasteiger partial charge in [-0.1, -0.05) is 30.3 Å². The zero-order valence-corrected chi connectivity index (χ0v) is 17.1. The zero-order valence-electron chi connectivity index (χ0n) is 17.1. The highest BCUT2D eigenvalue weighted by molar-refractivity contribution is 5.97. The van der Waals surface area contributed by atoms with E-state index in [2.05, 4.69) is 20.4 Å². The molecule has 2 saturated heterocycles. The first kappa shape index (κ1) is 21.3. The van der Waals surface area contributed by atoms with Gasteiger partial charge in [0.05, 0.1) is 6.54 Å². The molecule has 0 radical (unpaired) electrons. The zero-order chi connectivity index (χ0) is 20.6. The molecule has 0 bridgehead atoms. The van der Waals surface area contributed by atoms with Gasteiger partial charge in [0, 0.05) is 46.3 Å². The molecule has 1 unspecified atom stereocenters. The van der Waals surface area contributed by atoms with Crippen LogP contribution >= 0.6 is 0 Å². The van der Waals surface area contributed by atoms with E-state index in [4.69, 9.17) is 0 Å². The summed E-state index contributed by atoms with van der Waals surface area (Å²) in [5.74, 6) is -0.136. The monoisotopic (exact) mass is 401 g/mol. The Labute approximate surface area is 172 Å². The molecule has 4 amide bonds. The summed E-state index contributed by atoms with van der Waals surface area (Å²) in [6, 6.07) is 8.45. The van der Waals surface area contributed by atoms with E-state index in [1.54, 1.807) is 0 Å². The van der Waals surface area contributed by atoms with Gasteiger partial charge in [0.1, 0.15) is 6.04 Å². The van der Waals surface area contributed by atoms with Gasteiger partial charge < -0.3 is 10.2 Å². The number of nitrogens with zero attached hydrogens (tertiary/aromatic N) is 3. The number of imide groups is 1. The molecular weight excluding hydrogens is 370 g/mol. The quantitative estimate of drug-likeness (QED) is 0.763. The van der Waals surface area contributed by atoms with Crippen molar-refractivity contribution in [3.8, 4) is 0 Å². The van der Waals surface area contributed by atoms with Gasteiger partial charge in [0.15, 0.2) is 0 Å². The normalized spacial score (nSPS) is 19.4. The molecule has 0 saturated carbocycles. The lowest BCUT2D eigenvalue weighted by atomic mass is 10.0. The Balaban J connectivity index is 1.60. The third-order valence-corrected chi connectivity index (χ3v) is 5.67. The highest BCUT2D eigenvalue weighted by atomic mass is 16.2. The maximum absolute atomic E-state index is 12.8. The average molecular weight is 402 g/mol. The van der Waals surface area contributed by atoms with E-state index in [0.29, 0.717) is 19.6 Å². The van der Waals surface area contributed by atoms with Gasteiger partial charge in [-0.25, -0.2) is 4.79 Å². The fourth-order valence-electron chi connectivity index (χ4n) is 4.02. The lowest BCUT2D eigenvalue weighted by molar-refractivity contribution is -0.134. The first-order valence-electron chi connectivity index (χ1n) is 10.4. The third-order valence-electron chi connectivity index (χ3n) is 5.67. The highest BCUT2D eigenvalue weighted by Gasteiger charge is 2.32. The average Bonchev–Trinajstić information content (AvgIpc) is 2.76. The number of benzene rings is 1. The molecule has 2 aliphatic rings. The first-order chi connectivity index (χ1) is 14.1. The number of hydrogen-bond acceptors (Lipinski definition) is 5. The Hall–Kier alpha value is -2.45. The summed E-state index contributed by atoms with van der Waals surface area (Å²) in [6.45, 7) is 4.94. The number of piperazine rings is 1. The number of carbonyl (C=O) groups excluding carboxylic acids is 3. The second-order valence-corrected chi connectivity index (χ2v) is 7.64. The Kier molecular flexibility index (Phi) is 7.60. The van der Waals surface area contributed by atoms with Gasteiger partial charge in [-0.05, 0) is 24.8 Å². The van der Waals surface area contributed by atoms with E-state index in [1.807, 2.05) is 35.2 Å². The van der Waals surface area contributed by atoms with E-state index in [0.717, 1.165) is 44.6 Å². The number of rotatable bonds is 5. The molecule has 1 aromatic rings. The predicted molar refractivity (Wildman–Crippen MR) is 110 cm³/mol. The van der Waals surface area contributed by atoms with Crippen LogP contribution in [0.1, 0.15) is 30.9 Å². The van der Waals surface area contributed by atoms with E-state index in [1.165, 1.54) is 13.5 Å². The van der Waals surface area contributed by atoms with Crippen molar-refractivity contribution in [1.29, 1.82) is 0 Å². The molecular formula is C21H31N5O3. The Morgan fingerprint density at radius 1 is 0.931 bits per heavy atom. The van der Waals surface area contributed by atoms with E-state index >= 15 is 0 Å². The molecule has 8 heteroatoms. The Morgan fingerprint density at radius 2 is 1.59 bits per heavy atom. The summed E-state index contributed by atoms with van der Waals surface area (Å²) in [5, 5.41) is 4.83. The molecule has 3 rings (SSSR count). The molecule has 1 atom stereocenters. The molecule has 0 aromatic heterocycles. The van der Waals surface area contributed by atoms with Gasteiger partial charge in [-0.3, -0.25) is 24.7 Å². The van der Waals surface area contributed by atoms with Crippen LogP contribution in [0.4, 0.5) is 4.79 Å². The van der Waals surface area contributed by atoms with E-state index in [-0.39, 0.29) is 11.8 Å². The van der Waals surface area contributed by atoms with Crippen molar-refractivity contribution in [3.63, 3.8) is 0 Å². The summed E-state index contributed by atoms with van der Waals surface area (Å²) in [5.41, 5.74) is 0.853. The van der Waals surface area contributed by atoms with Gasteiger partial charge in [-0.15, -0.1) is 0 Å². The number of carbonyl (C=O) groups is 3. The van der Waals surface area contributed by atoms with Gasteiger partial charge in [-0.2, -0.15) is 0 Å². The van der Waals surface area contributed by atoms with Crippen LogP contribution < -0.4 is 10.6 Å². The van der Waals surface area contributed by atoms with Crippen molar-refractivity contribution >= 4 is 17.8 Å². The smallest absolute Gasteiger partial charge is 0.321 e. The molecule has 29 heavy (non-hydrogen) atoms. The molecule has 2 fully saturated rings. The summed E-state index contributed by atoms with van der Waals surface area (Å²) in [7, 11) is 1.48. The number of piperidine rings is 1. The summed E-state index contributed by atoms with van der Waals surface area (Å²) in [4.78, 5) is 43.2. The molecule has 2 aliphatic heterocycles. The lowest BCUT2D eigenvalue weighted by Gasteiger charge is -2.39. The second-order valence-electron chi connectivity index (χ2n) is 7.64. The van der Waals surface area contributed by atoms with Crippen LogP contribution in [0, 0.1) is 0 Å². The summed E-state index contributed by atoms with van der Waals surface area (Å²) >= 11 is 0. The lowest BCUT2D eigenvalue weighted by Crippen LogP contribution is -2.54. The minimum Gasteiger partial charge on any atom is -0.342 e. The van der Waals surface area contributed by atoms with Gasteiger partial charge in [0.25, 0.3) is 0 Å².